The lowest BCUT2D eigenvalue weighted by molar-refractivity contribution is -0.121. The highest BCUT2D eigenvalue weighted by molar-refractivity contribution is 5.85. The van der Waals surface area contributed by atoms with Crippen molar-refractivity contribution in [1.82, 2.24) is 5.32 Å². The van der Waals surface area contributed by atoms with Gasteiger partial charge in [-0.05, 0) is 50.3 Å². The van der Waals surface area contributed by atoms with Crippen molar-refractivity contribution in [2.24, 2.45) is 11.7 Å². The minimum atomic E-state index is 0. The van der Waals surface area contributed by atoms with Crippen molar-refractivity contribution in [3.05, 3.63) is 34.9 Å². The second-order valence-corrected chi connectivity index (χ2v) is 5.71. The molecular weight excluding hydrogens is 272 g/mol. The maximum absolute atomic E-state index is 12.1. The van der Waals surface area contributed by atoms with E-state index in [9.17, 15) is 4.79 Å². The molecule has 1 aromatic rings. The summed E-state index contributed by atoms with van der Waals surface area (Å²) < 4.78 is 0. The van der Waals surface area contributed by atoms with Crippen molar-refractivity contribution in [3.8, 4) is 0 Å². The first-order chi connectivity index (χ1) is 9.10. The number of nitrogens with one attached hydrogen (secondary N) is 1. The van der Waals surface area contributed by atoms with Crippen LogP contribution in [-0.2, 0) is 11.2 Å². The van der Waals surface area contributed by atoms with Crippen molar-refractivity contribution in [3.63, 3.8) is 0 Å². The molecule has 3 nitrogen and oxygen atoms in total. The highest BCUT2D eigenvalue weighted by atomic mass is 35.5. The van der Waals surface area contributed by atoms with Gasteiger partial charge in [-0.25, -0.2) is 0 Å². The molecule has 1 fully saturated rings. The molecule has 1 amide bonds. The number of aryl methyl sites for hydroxylation is 2. The quantitative estimate of drug-likeness (QED) is 0.897. The second-order valence-electron chi connectivity index (χ2n) is 5.71. The van der Waals surface area contributed by atoms with E-state index in [0.717, 1.165) is 18.4 Å². The number of amides is 1. The Kier molecular flexibility index (Phi) is 6.50. The molecule has 1 aliphatic carbocycles. The molecule has 1 aliphatic rings. The normalized spacial score (nSPS) is 21.4. The number of halogens is 1. The lowest BCUT2D eigenvalue weighted by atomic mass is 10.0. The van der Waals surface area contributed by atoms with E-state index in [2.05, 4.69) is 37.4 Å². The molecular formula is C16H25ClN2O. The van der Waals surface area contributed by atoms with Gasteiger partial charge < -0.3 is 11.1 Å². The zero-order chi connectivity index (χ0) is 13.8. The molecule has 20 heavy (non-hydrogen) atoms. The molecule has 3 N–H and O–H groups in total. The van der Waals surface area contributed by atoms with E-state index in [1.807, 2.05) is 0 Å². The van der Waals surface area contributed by atoms with Gasteiger partial charge in [0, 0.05) is 6.04 Å². The highest BCUT2D eigenvalue weighted by Gasteiger charge is 2.27. The lowest BCUT2D eigenvalue weighted by Gasteiger charge is -2.19. The molecule has 2 unspecified atom stereocenters. The Morgan fingerprint density at radius 3 is 2.80 bits per heavy atom. The molecule has 0 heterocycles. The molecule has 4 heteroatoms. The zero-order valence-electron chi connectivity index (χ0n) is 12.3. The van der Waals surface area contributed by atoms with Crippen molar-refractivity contribution in [1.29, 1.82) is 0 Å². The number of carbonyl (C=O) groups is 1. The minimum Gasteiger partial charge on any atom is -0.353 e. The van der Waals surface area contributed by atoms with Crippen LogP contribution in [-0.4, -0.2) is 18.5 Å². The van der Waals surface area contributed by atoms with E-state index in [1.165, 1.54) is 17.5 Å². The molecule has 0 saturated heterocycles. The fraction of sp³-hybridized carbons (Fsp3) is 0.562. The van der Waals surface area contributed by atoms with E-state index < -0.39 is 0 Å². The Labute approximate surface area is 127 Å². The van der Waals surface area contributed by atoms with Gasteiger partial charge in [0.1, 0.15) is 0 Å². The Bertz CT molecular complexity index is 462. The molecule has 112 valence electrons. The lowest BCUT2D eigenvalue weighted by Crippen LogP contribution is -2.40. The molecule has 0 aliphatic heterocycles. The van der Waals surface area contributed by atoms with Gasteiger partial charge in [0.25, 0.3) is 0 Å². The first kappa shape index (κ1) is 17.0. The molecule has 0 aromatic heterocycles. The molecule has 0 radical (unpaired) electrons. The molecule has 2 atom stereocenters. The predicted octanol–water partition coefficient (Wildman–Crippen LogP) is 2.51. The Morgan fingerprint density at radius 1 is 1.35 bits per heavy atom. The molecule has 1 aromatic carbocycles. The van der Waals surface area contributed by atoms with E-state index in [-0.39, 0.29) is 24.4 Å². The summed E-state index contributed by atoms with van der Waals surface area (Å²) in [7, 11) is 0. The Hall–Kier alpha value is -1.06. The number of carbonyl (C=O) groups excluding carboxylic acids is 1. The fourth-order valence-electron chi connectivity index (χ4n) is 2.93. The maximum atomic E-state index is 12.1. The number of benzene rings is 1. The summed E-state index contributed by atoms with van der Waals surface area (Å²) in [6, 6.07) is 6.54. The molecule has 0 spiro atoms. The third-order valence-corrected chi connectivity index (χ3v) is 4.16. The molecule has 1 saturated carbocycles. The van der Waals surface area contributed by atoms with Crippen LogP contribution in [0.15, 0.2) is 18.2 Å². The van der Waals surface area contributed by atoms with Gasteiger partial charge >= 0.3 is 0 Å². The summed E-state index contributed by atoms with van der Waals surface area (Å²) in [5.41, 5.74) is 9.26. The van der Waals surface area contributed by atoms with Gasteiger partial charge in [0.2, 0.25) is 5.91 Å². The maximum Gasteiger partial charge on any atom is 0.224 e. The summed E-state index contributed by atoms with van der Waals surface area (Å²) >= 11 is 0. The van der Waals surface area contributed by atoms with E-state index in [4.69, 9.17) is 5.73 Å². The van der Waals surface area contributed by atoms with Gasteiger partial charge in [-0.15, -0.1) is 12.4 Å². The summed E-state index contributed by atoms with van der Waals surface area (Å²) in [5, 5.41) is 3.16. The standard InChI is InChI=1S/C16H24N2O.ClH/c1-11-6-7-12(2)14(8-11)9-16(19)18-15-5-3-4-13(15)10-17;/h6-8,13,15H,3-5,9-10,17H2,1-2H3,(H,18,19);1H. The average molecular weight is 297 g/mol. The van der Waals surface area contributed by atoms with Crippen molar-refractivity contribution in [2.75, 3.05) is 6.54 Å². The van der Waals surface area contributed by atoms with Crippen LogP contribution in [0.4, 0.5) is 0 Å². The van der Waals surface area contributed by atoms with Gasteiger partial charge in [0.15, 0.2) is 0 Å². The van der Waals surface area contributed by atoms with Crippen LogP contribution in [0, 0.1) is 19.8 Å². The molecule has 2 rings (SSSR count). The topological polar surface area (TPSA) is 55.1 Å². The van der Waals surface area contributed by atoms with E-state index >= 15 is 0 Å². The highest BCUT2D eigenvalue weighted by Crippen LogP contribution is 2.24. The van der Waals surface area contributed by atoms with Gasteiger partial charge in [-0.1, -0.05) is 30.2 Å². The van der Waals surface area contributed by atoms with Crippen LogP contribution >= 0.6 is 12.4 Å². The fourth-order valence-corrected chi connectivity index (χ4v) is 2.93. The van der Waals surface area contributed by atoms with Crippen molar-refractivity contribution in [2.45, 2.75) is 45.6 Å². The third-order valence-electron chi connectivity index (χ3n) is 4.16. The monoisotopic (exact) mass is 296 g/mol. The van der Waals surface area contributed by atoms with Gasteiger partial charge in [0.05, 0.1) is 6.42 Å². The van der Waals surface area contributed by atoms with E-state index in [1.54, 1.807) is 0 Å². The average Bonchev–Trinajstić information content (AvgIpc) is 2.81. The summed E-state index contributed by atoms with van der Waals surface area (Å²) in [4.78, 5) is 12.1. The second kappa shape index (κ2) is 7.65. The van der Waals surface area contributed by atoms with Gasteiger partial charge in [-0.2, -0.15) is 0 Å². The first-order valence-electron chi connectivity index (χ1n) is 7.15. The zero-order valence-corrected chi connectivity index (χ0v) is 13.1. The third kappa shape index (κ3) is 4.22. The summed E-state index contributed by atoms with van der Waals surface area (Å²) in [6.45, 7) is 4.79. The number of rotatable bonds is 4. The number of nitrogens with two attached hydrogens (primary N) is 1. The van der Waals surface area contributed by atoms with Crippen LogP contribution in [0.2, 0.25) is 0 Å². The van der Waals surface area contributed by atoms with Crippen molar-refractivity contribution >= 4 is 18.3 Å². The minimum absolute atomic E-state index is 0. The van der Waals surface area contributed by atoms with Crippen LogP contribution < -0.4 is 11.1 Å². The first-order valence-corrected chi connectivity index (χ1v) is 7.15. The van der Waals surface area contributed by atoms with Crippen LogP contribution in [0.1, 0.15) is 36.0 Å². The largest absolute Gasteiger partial charge is 0.353 e. The van der Waals surface area contributed by atoms with Crippen LogP contribution in [0.5, 0.6) is 0 Å². The summed E-state index contributed by atoms with van der Waals surface area (Å²) in [6.07, 6.45) is 3.86. The smallest absolute Gasteiger partial charge is 0.224 e. The molecule has 0 bridgehead atoms. The van der Waals surface area contributed by atoms with Crippen molar-refractivity contribution < 1.29 is 4.79 Å². The predicted molar refractivity (Wildman–Crippen MR) is 85.2 cm³/mol. The van der Waals surface area contributed by atoms with Gasteiger partial charge in [-0.3, -0.25) is 4.79 Å². The Morgan fingerprint density at radius 2 is 2.10 bits per heavy atom. The number of hydrogen-bond acceptors (Lipinski definition) is 2. The van der Waals surface area contributed by atoms with Crippen LogP contribution in [0.3, 0.4) is 0 Å². The SMILES string of the molecule is Cc1ccc(C)c(CC(=O)NC2CCCC2CN)c1.Cl. The number of hydrogen-bond donors (Lipinski definition) is 2. The van der Waals surface area contributed by atoms with E-state index in [0.29, 0.717) is 18.9 Å². The summed E-state index contributed by atoms with van der Waals surface area (Å²) in [5.74, 6) is 0.585. The Balaban J connectivity index is 0.00000200. The van der Waals surface area contributed by atoms with Crippen LogP contribution in [0.25, 0.3) is 0 Å².